The van der Waals surface area contributed by atoms with Crippen LogP contribution in [0.25, 0.3) is 11.0 Å². The van der Waals surface area contributed by atoms with Crippen LogP contribution < -0.4 is 15.4 Å². The van der Waals surface area contributed by atoms with Crippen molar-refractivity contribution in [2.24, 2.45) is 0 Å². The Hall–Kier alpha value is -2.48. The van der Waals surface area contributed by atoms with Gasteiger partial charge in [-0.2, -0.15) is 0 Å². The number of nitrogens with one attached hydrogen (secondary N) is 3. The first-order valence-electron chi connectivity index (χ1n) is 8.98. The van der Waals surface area contributed by atoms with Gasteiger partial charge in [0.05, 0.1) is 47.2 Å². The highest BCUT2D eigenvalue weighted by Crippen LogP contribution is 2.41. The van der Waals surface area contributed by atoms with E-state index >= 15 is 0 Å². The van der Waals surface area contributed by atoms with Crippen LogP contribution in [0, 0.1) is 0 Å². The van der Waals surface area contributed by atoms with Gasteiger partial charge in [-0.15, -0.1) is 0 Å². The number of pyridine rings is 1. The number of anilines is 2. The lowest BCUT2D eigenvalue weighted by Crippen LogP contribution is -2.48. The van der Waals surface area contributed by atoms with E-state index in [9.17, 15) is 5.11 Å². The highest BCUT2D eigenvalue weighted by molar-refractivity contribution is 6.31. The summed E-state index contributed by atoms with van der Waals surface area (Å²) in [6.45, 7) is 3.32. The second-order valence-electron chi connectivity index (χ2n) is 7.28. The van der Waals surface area contributed by atoms with E-state index in [0.29, 0.717) is 40.7 Å². The third-order valence-corrected chi connectivity index (χ3v) is 5.41. The van der Waals surface area contributed by atoms with Crippen LogP contribution in [0.15, 0.2) is 30.6 Å². The molecule has 1 aliphatic heterocycles. The van der Waals surface area contributed by atoms with E-state index in [1.807, 2.05) is 0 Å². The van der Waals surface area contributed by atoms with Crippen molar-refractivity contribution in [2.75, 3.05) is 38.0 Å². The Labute approximate surface area is 168 Å². The number of aliphatic hydroxyl groups excluding tert-OH is 1. The summed E-state index contributed by atoms with van der Waals surface area (Å²) >= 11 is 6.39. The van der Waals surface area contributed by atoms with Gasteiger partial charge < -0.3 is 30.2 Å². The van der Waals surface area contributed by atoms with Crippen molar-refractivity contribution in [3.8, 4) is 5.75 Å². The second-order valence-corrected chi connectivity index (χ2v) is 7.68. The number of benzene rings is 1. The topological polar surface area (TPSA) is 91.4 Å². The molecule has 0 amide bonds. The van der Waals surface area contributed by atoms with E-state index < -0.39 is 6.10 Å². The van der Waals surface area contributed by atoms with Gasteiger partial charge in [-0.1, -0.05) is 17.7 Å². The molecule has 1 aromatic carbocycles. The minimum absolute atomic E-state index is 0.284. The van der Waals surface area contributed by atoms with Gasteiger partial charge in [0.2, 0.25) is 0 Å². The van der Waals surface area contributed by atoms with Crippen LogP contribution in [0.1, 0.15) is 24.2 Å². The molecule has 0 aliphatic carbocycles. The van der Waals surface area contributed by atoms with E-state index in [4.69, 9.17) is 21.1 Å². The minimum atomic E-state index is -0.919. The van der Waals surface area contributed by atoms with Crippen LogP contribution in [0.4, 0.5) is 11.4 Å². The number of nitrogens with zero attached hydrogens (tertiary/aromatic N) is 1. The number of fused-ring (bicyclic) bond motifs is 3. The SMILES string of the molecule is COCC1(C)CNc2cnc3[nH]cc(C(O)c4ccc(OC)cc4Cl)c3c2N1. The lowest BCUT2D eigenvalue weighted by molar-refractivity contribution is 0.154. The molecule has 0 spiro atoms. The van der Waals surface area contributed by atoms with Gasteiger partial charge in [0.1, 0.15) is 17.5 Å². The van der Waals surface area contributed by atoms with E-state index in [1.54, 1.807) is 44.8 Å². The van der Waals surface area contributed by atoms with Gasteiger partial charge in [-0.3, -0.25) is 0 Å². The number of methoxy groups -OCH3 is 2. The summed E-state index contributed by atoms with van der Waals surface area (Å²) in [5.41, 5.74) is 3.47. The van der Waals surface area contributed by atoms with Crippen molar-refractivity contribution in [1.29, 1.82) is 0 Å². The summed E-state index contributed by atoms with van der Waals surface area (Å²) < 4.78 is 10.6. The number of H-pyrrole nitrogens is 1. The van der Waals surface area contributed by atoms with E-state index in [1.165, 1.54) is 0 Å². The Morgan fingerprint density at radius 1 is 1.32 bits per heavy atom. The summed E-state index contributed by atoms with van der Waals surface area (Å²) in [4.78, 5) is 7.63. The fourth-order valence-electron chi connectivity index (χ4n) is 3.67. The van der Waals surface area contributed by atoms with Gasteiger partial charge in [-0.25, -0.2) is 4.98 Å². The monoisotopic (exact) mass is 402 g/mol. The minimum Gasteiger partial charge on any atom is -0.497 e. The maximum Gasteiger partial charge on any atom is 0.139 e. The van der Waals surface area contributed by atoms with Crippen molar-refractivity contribution in [1.82, 2.24) is 9.97 Å². The van der Waals surface area contributed by atoms with E-state index in [0.717, 1.165) is 16.8 Å². The van der Waals surface area contributed by atoms with Gasteiger partial charge in [0.25, 0.3) is 0 Å². The quantitative estimate of drug-likeness (QED) is 0.521. The number of halogens is 1. The zero-order valence-corrected chi connectivity index (χ0v) is 16.7. The normalized spacial score (nSPS) is 19.6. The highest BCUT2D eigenvalue weighted by Gasteiger charge is 2.32. The first kappa shape index (κ1) is 18.9. The van der Waals surface area contributed by atoms with E-state index in [2.05, 4.69) is 27.5 Å². The fraction of sp³-hybridized carbons (Fsp3) is 0.350. The predicted octanol–water partition coefficient (Wildman–Crippen LogP) is 3.55. The van der Waals surface area contributed by atoms with Crippen molar-refractivity contribution in [3.05, 3.63) is 46.7 Å². The summed E-state index contributed by atoms with van der Waals surface area (Å²) in [6, 6.07) is 5.24. The van der Waals surface area contributed by atoms with Gasteiger partial charge in [0.15, 0.2) is 0 Å². The average Bonchev–Trinajstić information content (AvgIpc) is 3.12. The molecule has 2 atom stereocenters. The fourth-order valence-corrected chi connectivity index (χ4v) is 3.94. The number of aliphatic hydroxyl groups is 1. The largest absolute Gasteiger partial charge is 0.497 e. The Kier molecular flexibility index (Phi) is 4.82. The molecule has 2 unspecified atom stereocenters. The molecule has 8 heteroatoms. The Bertz CT molecular complexity index is 1020. The van der Waals surface area contributed by atoms with Gasteiger partial charge in [0, 0.05) is 31.0 Å². The Morgan fingerprint density at radius 3 is 2.86 bits per heavy atom. The van der Waals surface area contributed by atoms with Crippen molar-refractivity contribution in [3.63, 3.8) is 0 Å². The smallest absolute Gasteiger partial charge is 0.139 e. The molecule has 4 N–H and O–H groups in total. The molecule has 1 aliphatic rings. The Morgan fingerprint density at radius 2 is 2.14 bits per heavy atom. The standard InChI is InChI=1S/C20H23ClN4O3/c1-20(10-27-2)9-24-15-8-23-19-16(17(15)25-20)13(7-22-19)18(26)12-5-4-11(28-3)6-14(12)21/h4-8,18,24-26H,9-10H2,1-3H3,(H,22,23). The number of aromatic amines is 1. The van der Waals surface area contributed by atoms with Gasteiger partial charge >= 0.3 is 0 Å². The average molecular weight is 403 g/mol. The zero-order chi connectivity index (χ0) is 19.9. The molecule has 0 bridgehead atoms. The summed E-state index contributed by atoms with van der Waals surface area (Å²) in [5, 5.41) is 19.4. The molecule has 28 heavy (non-hydrogen) atoms. The summed E-state index contributed by atoms with van der Waals surface area (Å²) in [5.74, 6) is 0.639. The van der Waals surface area contributed by atoms with Crippen LogP contribution in [0.3, 0.4) is 0 Å². The number of hydrogen-bond acceptors (Lipinski definition) is 6. The molecule has 4 rings (SSSR count). The number of ether oxygens (including phenoxy) is 2. The molecule has 3 heterocycles. The molecule has 3 aromatic rings. The third-order valence-electron chi connectivity index (χ3n) is 5.09. The maximum absolute atomic E-state index is 11.1. The second kappa shape index (κ2) is 7.16. The molecular formula is C20H23ClN4O3. The predicted molar refractivity (Wildman–Crippen MR) is 111 cm³/mol. The molecule has 0 saturated carbocycles. The molecule has 0 saturated heterocycles. The molecule has 0 fully saturated rings. The number of aromatic nitrogens is 2. The summed E-state index contributed by atoms with van der Waals surface area (Å²) in [7, 11) is 3.26. The molecule has 7 nitrogen and oxygen atoms in total. The maximum atomic E-state index is 11.1. The number of rotatable bonds is 5. The molecule has 148 valence electrons. The van der Waals surface area contributed by atoms with Crippen LogP contribution >= 0.6 is 11.6 Å². The van der Waals surface area contributed by atoms with Gasteiger partial charge in [-0.05, 0) is 19.1 Å². The first-order valence-corrected chi connectivity index (χ1v) is 9.36. The van der Waals surface area contributed by atoms with Crippen LogP contribution in [0.5, 0.6) is 5.75 Å². The van der Waals surface area contributed by atoms with Crippen molar-refractivity contribution in [2.45, 2.75) is 18.6 Å². The lowest BCUT2D eigenvalue weighted by Gasteiger charge is -2.37. The lowest BCUT2D eigenvalue weighted by atomic mass is 9.96. The first-order chi connectivity index (χ1) is 13.5. The van der Waals surface area contributed by atoms with Crippen LogP contribution in [-0.4, -0.2) is 48.0 Å². The van der Waals surface area contributed by atoms with Crippen LogP contribution in [0.2, 0.25) is 5.02 Å². The number of hydrogen-bond donors (Lipinski definition) is 4. The Balaban J connectivity index is 1.81. The molecular weight excluding hydrogens is 380 g/mol. The highest BCUT2D eigenvalue weighted by atomic mass is 35.5. The third kappa shape index (κ3) is 3.15. The molecule has 0 radical (unpaired) electrons. The molecule has 2 aromatic heterocycles. The summed E-state index contributed by atoms with van der Waals surface area (Å²) in [6.07, 6.45) is 2.63. The van der Waals surface area contributed by atoms with Crippen molar-refractivity contribution < 1.29 is 14.6 Å². The van der Waals surface area contributed by atoms with Crippen molar-refractivity contribution >= 4 is 34.0 Å². The van der Waals surface area contributed by atoms with Crippen LogP contribution in [-0.2, 0) is 4.74 Å². The van der Waals surface area contributed by atoms with E-state index in [-0.39, 0.29) is 5.54 Å². The zero-order valence-electron chi connectivity index (χ0n) is 16.0.